The minimum absolute atomic E-state index is 0.0328. The summed E-state index contributed by atoms with van der Waals surface area (Å²) in [5.41, 5.74) is 2.50. The van der Waals surface area contributed by atoms with Crippen molar-refractivity contribution in [2.45, 2.75) is 152 Å². The number of nitrogens with one attached hydrogen (secondary N) is 1. The molecule has 52 heavy (non-hydrogen) atoms. The second-order valence-electron chi connectivity index (χ2n) is 20.6. The highest BCUT2D eigenvalue weighted by atomic mass is 35.5. The number of amides is 1. The fourth-order valence-corrected chi connectivity index (χ4v) is 14.3. The molecule has 5 saturated carbocycles. The van der Waals surface area contributed by atoms with Crippen molar-refractivity contribution in [3.8, 4) is 0 Å². The van der Waals surface area contributed by atoms with Gasteiger partial charge in [-0.15, -0.1) is 0 Å². The van der Waals surface area contributed by atoms with Gasteiger partial charge in [0.25, 0.3) is 0 Å². The molecule has 0 heterocycles. The van der Waals surface area contributed by atoms with Gasteiger partial charge in [0.15, 0.2) is 0 Å². The van der Waals surface area contributed by atoms with Crippen LogP contribution in [0.1, 0.15) is 144 Å². The van der Waals surface area contributed by atoms with Crippen molar-refractivity contribution in [2.75, 3.05) is 0 Å². The first-order valence-electron chi connectivity index (χ1n) is 20.4. The molecule has 0 aromatic heterocycles. The van der Waals surface area contributed by atoms with Crippen LogP contribution in [0.4, 0.5) is 0 Å². The van der Waals surface area contributed by atoms with E-state index in [-0.39, 0.29) is 57.2 Å². The number of fused-ring (bicyclic) bond motifs is 7. The highest BCUT2D eigenvalue weighted by molar-refractivity contribution is 6.30. The molecule has 2 N–H and O–H groups in total. The number of carbonyl (C=O) groups excluding carboxylic acids is 2. The van der Waals surface area contributed by atoms with Crippen LogP contribution in [0.3, 0.4) is 0 Å². The molecule has 5 nitrogen and oxygen atoms in total. The van der Waals surface area contributed by atoms with E-state index in [1.807, 2.05) is 38.1 Å². The van der Waals surface area contributed by atoms with Crippen LogP contribution >= 0.6 is 11.6 Å². The van der Waals surface area contributed by atoms with E-state index in [2.05, 4.69) is 60.0 Å². The molecule has 1 amide bonds. The van der Waals surface area contributed by atoms with Gasteiger partial charge in [-0.25, -0.2) is 0 Å². The van der Waals surface area contributed by atoms with Gasteiger partial charge >= 0.3 is 5.97 Å². The number of rotatable bonds is 10. The van der Waals surface area contributed by atoms with E-state index in [1.165, 1.54) is 31.3 Å². The predicted molar refractivity (Wildman–Crippen MR) is 212 cm³/mol. The van der Waals surface area contributed by atoms with Crippen LogP contribution in [0.15, 0.2) is 48.8 Å². The summed E-state index contributed by atoms with van der Waals surface area (Å²) in [5, 5.41) is 13.8. The van der Waals surface area contributed by atoms with Gasteiger partial charge in [0.1, 0.15) is 6.10 Å². The molecule has 0 radical (unpaired) electrons. The molecule has 6 rings (SSSR count). The number of hydrogen-bond acceptors (Lipinski definition) is 4. The lowest BCUT2D eigenvalue weighted by atomic mass is 9.32. The van der Waals surface area contributed by atoms with Crippen molar-refractivity contribution in [1.82, 2.24) is 5.32 Å². The Morgan fingerprint density at radius 3 is 2.23 bits per heavy atom. The van der Waals surface area contributed by atoms with Gasteiger partial charge in [-0.2, -0.15) is 0 Å². The van der Waals surface area contributed by atoms with Crippen LogP contribution in [0.5, 0.6) is 0 Å². The lowest BCUT2D eigenvalue weighted by molar-refractivity contribution is -0.250. The van der Waals surface area contributed by atoms with E-state index in [0.717, 1.165) is 44.1 Å². The van der Waals surface area contributed by atoms with Crippen LogP contribution in [0, 0.1) is 62.1 Å². The molecule has 1 aromatic carbocycles. The molecular formula is C46H68ClNO4. The summed E-state index contributed by atoms with van der Waals surface area (Å²) >= 11 is 6.11. The Kier molecular flexibility index (Phi) is 10.5. The molecule has 0 spiro atoms. The minimum Gasteiger partial charge on any atom is -0.513 e. The van der Waals surface area contributed by atoms with E-state index < -0.39 is 5.41 Å². The minimum atomic E-state index is -0.391. The fraction of sp³-hybridized carbons (Fsp3) is 0.739. The van der Waals surface area contributed by atoms with Crippen molar-refractivity contribution in [1.29, 1.82) is 0 Å². The molecule has 0 saturated heterocycles. The topological polar surface area (TPSA) is 75.6 Å². The maximum absolute atomic E-state index is 13.8. The fourth-order valence-electron chi connectivity index (χ4n) is 14.2. The van der Waals surface area contributed by atoms with Crippen LogP contribution in [-0.2, 0) is 20.9 Å². The van der Waals surface area contributed by atoms with Gasteiger partial charge in [0.2, 0.25) is 5.91 Å². The summed E-state index contributed by atoms with van der Waals surface area (Å²) in [6, 6.07) is 7.77. The number of benzene rings is 1. The first-order valence-corrected chi connectivity index (χ1v) is 20.8. The number of halogens is 1. The molecule has 5 fully saturated rings. The zero-order valence-electron chi connectivity index (χ0n) is 33.6. The molecule has 0 bridgehead atoms. The molecule has 288 valence electrons. The van der Waals surface area contributed by atoms with Gasteiger partial charge in [0, 0.05) is 29.8 Å². The third-order valence-electron chi connectivity index (χ3n) is 16.7. The van der Waals surface area contributed by atoms with Gasteiger partial charge in [-0.1, -0.05) is 90.9 Å². The Morgan fingerprint density at radius 2 is 1.58 bits per heavy atom. The monoisotopic (exact) mass is 733 g/mol. The largest absolute Gasteiger partial charge is 0.513 e. The van der Waals surface area contributed by atoms with Crippen LogP contribution in [0.2, 0.25) is 5.02 Å². The zero-order chi connectivity index (χ0) is 38.1. The van der Waals surface area contributed by atoms with Crippen molar-refractivity contribution >= 4 is 23.5 Å². The smallest absolute Gasteiger partial charge is 0.306 e. The number of hydrogen-bond donors (Lipinski definition) is 2. The molecule has 1 aromatic rings. The Bertz CT molecular complexity index is 1560. The summed E-state index contributed by atoms with van der Waals surface area (Å²) in [7, 11) is 0. The first kappa shape index (κ1) is 39.4. The van der Waals surface area contributed by atoms with Crippen LogP contribution in [0.25, 0.3) is 0 Å². The van der Waals surface area contributed by atoms with E-state index in [4.69, 9.17) is 16.3 Å². The molecular weight excluding hydrogens is 666 g/mol. The van der Waals surface area contributed by atoms with Crippen molar-refractivity contribution in [3.63, 3.8) is 0 Å². The van der Waals surface area contributed by atoms with Gasteiger partial charge in [-0.3, -0.25) is 9.59 Å². The third-order valence-corrected chi connectivity index (χ3v) is 16.9. The van der Waals surface area contributed by atoms with E-state index in [1.54, 1.807) is 0 Å². The predicted octanol–water partition coefficient (Wildman–Crippen LogP) is 11.8. The summed E-state index contributed by atoms with van der Waals surface area (Å²) in [6.07, 6.45) is 12.6. The summed E-state index contributed by atoms with van der Waals surface area (Å²) in [6.45, 7) is 27.6. The maximum Gasteiger partial charge on any atom is 0.306 e. The number of esters is 1. The second kappa shape index (κ2) is 13.8. The molecule has 5 aliphatic carbocycles. The molecule has 0 aliphatic heterocycles. The highest BCUT2D eigenvalue weighted by Gasteiger charge is 2.71. The number of aliphatic hydroxyl groups excluding tert-OH is 1. The average Bonchev–Trinajstić information content (AvgIpc) is 3.41. The van der Waals surface area contributed by atoms with Crippen molar-refractivity contribution in [3.05, 3.63) is 59.3 Å². The van der Waals surface area contributed by atoms with Crippen molar-refractivity contribution in [2.24, 2.45) is 62.1 Å². The van der Waals surface area contributed by atoms with Crippen molar-refractivity contribution < 1.29 is 19.4 Å². The molecule has 6 heteroatoms. The van der Waals surface area contributed by atoms with E-state index >= 15 is 0 Å². The van der Waals surface area contributed by atoms with Crippen LogP contribution in [-0.4, -0.2) is 23.1 Å². The number of carbonyl (C=O) groups is 2. The van der Waals surface area contributed by atoms with E-state index in [9.17, 15) is 14.7 Å². The maximum atomic E-state index is 13.8. The Morgan fingerprint density at radius 1 is 0.885 bits per heavy atom. The summed E-state index contributed by atoms with van der Waals surface area (Å²) in [5.74, 6) is 2.79. The Hall–Kier alpha value is -2.27. The van der Waals surface area contributed by atoms with Crippen LogP contribution < -0.4 is 5.32 Å². The molecule has 10 atom stereocenters. The van der Waals surface area contributed by atoms with Gasteiger partial charge in [0.05, 0.1) is 12.2 Å². The standard InChI is InChI=1S/C46H68ClNO4/c1-29(2)33-17-22-46(26-38(50)48-28-31-11-13-32(47)14-12-31)24-23-44(9)34(40(33)46)15-16-36-43(8)20-19-37(42(6,7)35(43)18-21-45(36,44)10)52-39(51)27-41(4,5)25-30(3)49/h11-14,33-37,40,49H,1,3,15-28H2,2,4-10H3,(H,48,50)/t33?,34-,35?,36?,37+,40?,43+,44-,45-,46-/m1/s1. The summed E-state index contributed by atoms with van der Waals surface area (Å²) in [4.78, 5) is 27.1. The number of ether oxygens (including phenoxy) is 1. The number of allylic oxidation sites excluding steroid dienone is 2. The summed E-state index contributed by atoms with van der Waals surface area (Å²) < 4.78 is 6.36. The lowest BCUT2D eigenvalue weighted by Gasteiger charge is -2.73. The average molecular weight is 735 g/mol. The lowest BCUT2D eigenvalue weighted by Crippen LogP contribution is -2.67. The Balaban J connectivity index is 1.21. The first-order chi connectivity index (χ1) is 24.2. The SMILES string of the molecule is C=C(O)CC(C)(C)CC(=O)O[C@H]1CC[C@@]2(C)C(CC[C@]3(C)C2CC[C@@H]2C4C(C(=C)C)CC[C@]4(CC(=O)NCc4ccc(Cl)cc4)CC[C@]23C)C1(C)C. The Labute approximate surface area is 320 Å². The van der Waals surface area contributed by atoms with Gasteiger partial charge in [-0.05, 0) is 145 Å². The molecule has 5 aliphatic rings. The quantitative estimate of drug-likeness (QED) is 0.143. The number of aliphatic hydroxyl groups is 1. The highest BCUT2D eigenvalue weighted by Crippen LogP contribution is 2.78. The normalized spacial score (nSPS) is 39.2. The third kappa shape index (κ3) is 6.70. The second-order valence-corrected chi connectivity index (χ2v) is 21.0. The zero-order valence-corrected chi connectivity index (χ0v) is 34.4. The van der Waals surface area contributed by atoms with Gasteiger partial charge < -0.3 is 15.2 Å². The molecule has 4 unspecified atom stereocenters. The van der Waals surface area contributed by atoms with E-state index in [0.29, 0.717) is 54.0 Å².